The van der Waals surface area contributed by atoms with Gasteiger partial charge in [0.1, 0.15) is 0 Å². The van der Waals surface area contributed by atoms with Crippen molar-refractivity contribution in [1.29, 1.82) is 0 Å². The van der Waals surface area contributed by atoms with Crippen molar-refractivity contribution < 1.29 is 0 Å². The topological polar surface area (TPSA) is 24.9 Å². The van der Waals surface area contributed by atoms with Crippen LogP contribution in [0.5, 0.6) is 0 Å². The first-order valence-corrected chi connectivity index (χ1v) is 7.15. The lowest BCUT2D eigenvalue weighted by Crippen LogP contribution is -2.09. The second kappa shape index (κ2) is 5.11. The fraction of sp³-hybridized carbons (Fsp3) is 0.400. The molecule has 0 unspecified atom stereocenters. The molecule has 1 N–H and O–H groups in total. The average molecular weight is 260 g/mol. The van der Waals surface area contributed by atoms with Crippen molar-refractivity contribution in [2.24, 2.45) is 0 Å². The summed E-state index contributed by atoms with van der Waals surface area (Å²) in [7, 11) is 0. The van der Waals surface area contributed by atoms with Gasteiger partial charge in [0.2, 0.25) is 0 Å². The van der Waals surface area contributed by atoms with Gasteiger partial charge in [-0.15, -0.1) is 11.3 Å². The van der Waals surface area contributed by atoms with E-state index in [1.165, 1.54) is 22.3 Å². The maximum absolute atomic E-state index is 4.68. The Labute approximate surface area is 113 Å². The van der Waals surface area contributed by atoms with Crippen molar-refractivity contribution >= 4 is 16.5 Å². The molecule has 0 atom stereocenters. The van der Waals surface area contributed by atoms with Gasteiger partial charge in [0.15, 0.2) is 5.13 Å². The number of benzene rings is 1. The predicted octanol–water partition coefficient (Wildman–Crippen LogP) is 4.56. The lowest BCUT2D eigenvalue weighted by atomic mass is 9.98. The number of anilines is 1. The Kier molecular flexibility index (Phi) is 3.71. The Hall–Kier alpha value is -1.35. The van der Waals surface area contributed by atoms with Gasteiger partial charge in [0.05, 0.1) is 5.69 Å². The minimum atomic E-state index is 0.421. The summed E-state index contributed by atoms with van der Waals surface area (Å²) in [6.45, 7) is 10.7. The molecule has 0 aliphatic rings. The number of thiazole rings is 1. The minimum absolute atomic E-state index is 0.421. The molecule has 0 aliphatic carbocycles. The fourth-order valence-corrected chi connectivity index (χ4v) is 3.13. The van der Waals surface area contributed by atoms with Crippen LogP contribution in [0.1, 0.15) is 30.5 Å². The minimum Gasteiger partial charge on any atom is -0.359 e. The molecule has 18 heavy (non-hydrogen) atoms. The number of hydrogen-bond acceptors (Lipinski definition) is 3. The van der Waals surface area contributed by atoms with Gasteiger partial charge in [0.25, 0.3) is 0 Å². The van der Waals surface area contributed by atoms with E-state index in [1.54, 1.807) is 11.3 Å². The van der Waals surface area contributed by atoms with Gasteiger partial charge in [-0.05, 0) is 45.7 Å². The van der Waals surface area contributed by atoms with E-state index in [0.717, 1.165) is 10.8 Å². The Balaban J connectivity index is 2.40. The quantitative estimate of drug-likeness (QED) is 0.875. The molecule has 2 aromatic rings. The van der Waals surface area contributed by atoms with E-state index in [2.05, 4.69) is 62.4 Å². The summed E-state index contributed by atoms with van der Waals surface area (Å²) < 4.78 is 0. The summed E-state index contributed by atoms with van der Waals surface area (Å²) >= 11 is 1.67. The van der Waals surface area contributed by atoms with Gasteiger partial charge < -0.3 is 5.32 Å². The number of nitrogens with zero attached hydrogens (tertiary/aromatic N) is 1. The van der Waals surface area contributed by atoms with Gasteiger partial charge in [-0.2, -0.15) is 0 Å². The maximum Gasteiger partial charge on any atom is 0.183 e. The van der Waals surface area contributed by atoms with Crippen molar-refractivity contribution in [3.8, 4) is 11.3 Å². The first-order valence-electron chi connectivity index (χ1n) is 6.27. The lowest BCUT2D eigenvalue weighted by Gasteiger charge is -2.09. The summed E-state index contributed by atoms with van der Waals surface area (Å²) in [4.78, 5) is 4.68. The van der Waals surface area contributed by atoms with Gasteiger partial charge in [-0.1, -0.05) is 17.7 Å². The zero-order valence-corrected chi connectivity index (χ0v) is 12.5. The van der Waals surface area contributed by atoms with Gasteiger partial charge in [0, 0.05) is 17.0 Å². The number of aromatic nitrogens is 1. The normalized spacial score (nSPS) is 11.0. The van der Waals surface area contributed by atoms with Gasteiger partial charge in [-0.3, -0.25) is 0 Å². The standard InChI is InChI=1S/C15H20N2S/c1-9(2)16-15-17-13(8-18-15)14-11(4)6-10(3)7-12(14)5/h6-9H,1-5H3,(H,16,17). The van der Waals surface area contributed by atoms with Crippen LogP contribution in [-0.4, -0.2) is 11.0 Å². The summed E-state index contributed by atoms with van der Waals surface area (Å²) in [6.07, 6.45) is 0. The molecule has 1 heterocycles. The smallest absolute Gasteiger partial charge is 0.183 e. The van der Waals surface area contributed by atoms with Crippen LogP contribution >= 0.6 is 11.3 Å². The first-order chi connectivity index (χ1) is 8.47. The van der Waals surface area contributed by atoms with Crippen molar-refractivity contribution in [3.63, 3.8) is 0 Å². The van der Waals surface area contributed by atoms with Crippen LogP contribution < -0.4 is 5.32 Å². The first kappa shape index (κ1) is 13.1. The van der Waals surface area contributed by atoms with Crippen molar-refractivity contribution in [1.82, 2.24) is 4.98 Å². The van der Waals surface area contributed by atoms with Gasteiger partial charge in [-0.25, -0.2) is 4.98 Å². The zero-order chi connectivity index (χ0) is 13.3. The lowest BCUT2D eigenvalue weighted by molar-refractivity contribution is 0.897. The van der Waals surface area contributed by atoms with E-state index in [1.807, 2.05) is 0 Å². The van der Waals surface area contributed by atoms with Crippen molar-refractivity contribution in [2.75, 3.05) is 5.32 Å². The summed E-state index contributed by atoms with van der Waals surface area (Å²) in [5.41, 5.74) is 6.26. The molecule has 0 spiro atoms. The van der Waals surface area contributed by atoms with Crippen molar-refractivity contribution in [3.05, 3.63) is 34.2 Å². The van der Waals surface area contributed by atoms with Crippen LogP contribution in [0.15, 0.2) is 17.5 Å². The number of nitrogens with one attached hydrogen (secondary N) is 1. The average Bonchev–Trinajstić information content (AvgIpc) is 2.63. The largest absolute Gasteiger partial charge is 0.359 e. The highest BCUT2D eigenvalue weighted by molar-refractivity contribution is 7.14. The van der Waals surface area contributed by atoms with Crippen LogP contribution in [0.3, 0.4) is 0 Å². The highest BCUT2D eigenvalue weighted by Gasteiger charge is 2.10. The molecule has 0 radical (unpaired) electrons. The molecule has 1 aromatic carbocycles. The molecule has 1 aromatic heterocycles. The molecule has 0 fully saturated rings. The molecular weight excluding hydrogens is 240 g/mol. The number of hydrogen-bond donors (Lipinski definition) is 1. The Morgan fingerprint density at radius 1 is 1.11 bits per heavy atom. The molecule has 0 saturated heterocycles. The Morgan fingerprint density at radius 3 is 2.28 bits per heavy atom. The SMILES string of the molecule is Cc1cc(C)c(-c2csc(NC(C)C)n2)c(C)c1. The summed E-state index contributed by atoms with van der Waals surface area (Å²) in [5.74, 6) is 0. The van der Waals surface area contributed by atoms with E-state index in [0.29, 0.717) is 6.04 Å². The number of aryl methyl sites for hydroxylation is 3. The molecule has 0 amide bonds. The Morgan fingerprint density at radius 2 is 1.72 bits per heavy atom. The van der Waals surface area contributed by atoms with E-state index >= 15 is 0 Å². The third-order valence-corrected chi connectivity index (χ3v) is 3.62. The molecule has 0 aliphatic heterocycles. The maximum atomic E-state index is 4.68. The van der Waals surface area contributed by atoms with Crippen molar-refractivity contribution in [2.45, 2.75) is 40.7 Å². The van der Waals surface area contributed by atoms with E-state index in [9.17, 15) is 0 Å². The Bertz CT molecular complexity index is 532. The third-order valence-electron chi connectivity index (χ3n) is 2.85. The highest BCUT2D eigenvalue weighted by atomic mass is 32.1. The van der Waals surface area contributed by atoms with Gasteiger partial charge >= 0.3 is 0 Å². The zero-order valence-electron chi connectivity index (χ0n) is 11.7. The summed E-state index contributed by atoms with van der Waals surface area (Å²) in [5, 5.41) is 6.49. The molecule has 2 nitrogen and oxygen atoms in total. The van der Waals surface area contributed by atoms with Crippen LogP contribution in [0.4, 0.5) is 5.13 Å². The van der Waals surface area contributed by atoms with Crippen LogP contribution in [0.2, 0.25) is 0 Å². The van der Waals surface area contributed by atoms with E-state index in [4.69, 9.17) is 0 Å². The molecule has 0 saturated carbocycles. The number of rotatable bonds is 3. The van der Waals surface area contributed by atoms with Crippen LogP contribution in [-0.2, 0) is 0 Å². The van der Waals surface area contributed by atoms with E-state index < -0.39 is 0 Å². The third kappa shape index (κ3) is 2.72. The second-order valence-corrected chi connectivity index (χ2v) is 5.97. The molecular formula is C15H20N2S. The predicted molar refractivity (Wildman–Crippen MR) is 80.5 cm³/mol. The molecule has 3 heteroatoms. The highest BCUT2D eigenvalue weighted by Crippen LogP contribution is 2.31. The fourth-order valence-electron chi connectivity index (χ4n) is 2.29. The van der Waals surface area contributed by atoms with E-state index in [-0.39, 0.29) is 0 Å². The van der Waals surface area contributed by atoms with Crippen LogP contribution in [0, 0.1) is 20.8 Å². The molecule has 0 bridgehead atoms. The second-order valence-electron chi connectivity index (χ2n) is 5.11. The molecule has 2 rings (SSSR count). The molecule has 96 valence electrons. The summed E-state index contributed by atoms with van der Waals surface area (Å²) in [6, 6.07) is 4.86. The monoisotopic (exact) mass is 260 g/mol. The van der Waals surface area contributed by atoms with Crippen LogP contribution in [0.25, 0.3) is 11.3 Å².